The number of hydrogen-bond donors (Lipinski definition) is 2. The van der Waals surface area contributed by atoms with Crippen molar-refractivity contribution >= 4 is 21.5 Å². The number of sulfone groups is 1. The van der Waals surface area contributed by atoms with Crippen molar-refractivity contribution in [1.29, 1.82) is 0 Å². The highest BCUT2D eigenvalue weighted by Crippen LogP contribution is 2.34. The van der Waals surface area contributed by atoms with Gasteiger partial charge in [-0.15, -0.1) is 0 Å². The molecule has 106 valence electrons. The van der Waals surface area contributed by atoms with Crippen LogP contribution in [0.5, 0.6) is 0 Å². The topological polar surface area (TPSA) is 83.5 Å². The van der Waals surface area contributed by atoms with E-state index in [9.17, 15) is 26.4 Å². The molecule has 0 fully saturated rings. The minimum Gasteiger partial charge on any atom is -0.481 e. The summed E-state index contributed by atoms with van der Waals surface area (Å²) in [4.78, 5) is 9.37. The molecule has 0 saturated carbocycles. The first kappa shape index (κ1) is 15.3. The molecule has 0 atom stereocenters. The van der Waals surface area contributed by atoms with Gasteiger partial charge in [-0.05, 0) is 12.1 Å². The van der Waals surface area contributed by atoms with Crippen LogP contribution < -0.4 is 5.32 Å². The summed E-state index contributed by atoms with van der Waals surface area (Å²) in [5.41, 5.74) is -5.68. The number of aliphatic carboxylic acids is 1. The van der Waals surface area contributed by atoms with Crippen LogP contribution in [0.4, 0.5) is 18.9 Å². The third kappa shape index (κ3) is 3.60. The lowest BCUT2D eigenvalue weighted by atomic mass is 10.3. The highest BCUT2D eigenvalue weighted by atomic mass is 32.2. The van der Waals surface area contributed by atoms with Crippen LogP contribution in [0.25, 0.3) is 0 Å². The highest BCUT2D eigenvalue weighted by Gasteiger charge is 2.47. The molecule has 1 aromatic rings. The van der Waals surface area contributed by atoms with Gasteiger partial charge in [-0.25, -0.2) is 8.42 Å². The summed E-state index contributed by atoms with van der Waals surface area (Å²) in [7, 11) is -5.47. The van der Waals surface area contributed by atoms with E-state index in [0.717, 1.165) is 18.2 Å². The number of carbonyl (C=O) groups is 1. The van der Waals surface area contributed by atoms with Gasteiger partial charge >= 0.3 is 11.5 Å². The average Bonchev–Trinajstić information content (AvgIpc) is 2.27. The fourth-order valence-corrected chi connectivity index (χ4v) is 2.21. The van der Waals surface area contributed by atoms with Gasteiger partial charge in [0.15, 0.2) is 0 Å². The van der Waals surface area contributed by atoms with Crippen molar-refractivity contribution in [3.8, 4) is 0 Å². The van der Waals surface area contributed by atoms with Crippen LogP contribution in [-0.2, 0) is 14.6 Å². The summed E-state index contributed by atoms with van der Waals surface area (Å²) in [6.45, 7) is -0.181. The van der Waals surface area contributed by atoms with E-state index in [2.05, 4.69) is 5.32 Å². The molecule has 0 amide bonds. The summed E-state index contributed by atoms with van der Waals surface area (Å²) < 4.78 is 59.9. The lowest BCUT2D eigenvalue weighted by molar-refractivity contribution is -0.136. The number of carboxylic acids is 1. The second kappa shape index (κ2) is 5.47. The smallest absolute Gasteiger partial charge is 0.481 e. The van der Waals surface area contributed by atoms with E-state index in [1.54, 1.807) is 0 Å². The van der Waals surface area contributed by atoms with Gasteiger partial charge in [0.25, 0.3) is 9.84 Å². The van der Waals surface area contributed by atoms with Crippen LogP contribution >= 0.6 is 0 Å². The van der Waals surface area contributed by atoms with Crippen molar-refractivity contribution in [1.82, 2.24) is 0 Å². The van der Waals surface area contributed by atoms with Gasteiger partial charge in [0.1, 0.15) is 0 Å². The number of alkyl halides is 3. The zero-order valence-corrected chi connectivity index (χ0v) is 10.3. The minimum absolute atomic E-state index is 0.181. The number of para-hydroxylation sites is 1. The molecule has 0 bridgehead atoms. The van der Waals surface area contributed by atoms with Crippen molar-refractivity contribution < 1.29 is 31.5 Å². The second-order valence-corrected chi connectivity index (χ2v) is 5.43. The summed E-state index contributed by atoms with van der Waals surface area (Å²) in [6.07, 6.45) is -0.347. The third-order valence-corrected chi connectivity index (χ3v) is 3.68. The molecule has 19 heavy (non-hydrogen) atoms. The van der Waals surface area contributed by atoms with E-state index in [-0.39, 0.29) is 18.7 Å². The summed E-state index contributed by atoms with van der Waals surface area (Å²) in [5, 5.41) is 10.8. The average molecular weight is 297 g/mol. The van der Waals surface area contributed by atoms with Crippen LogP contribution in [-0.4, -0.2) is 31.5 Å². The first-order chi connectivity index (χ1) is 8.66. The normalized spacial score (nSPS) is 12.2. The first-order valence-electron chi connectivity index (χ1n) is 5.02. The summed E-state index contributed by atoms with van der Waals surface area (Å²) in [5.74, 6) is -1.15. The Bertz CT molecular complexity index is 568. The third-order valence-electron chi connectivity index (χ3n) is 2.14. The Morgan fingerprint density at radius 2 is 1.84 bits per heavy atom. The van der Waals surface area contributed by atoms with E-state index in [1.807, 2.05) is 0 Å². The molecule has 1 aromatic carbocycles. The first-order valence-corrected chi connectivity index (χ1v) is 6.50. The van der Waals surface area contributed by atoms with Crippen LogP contribution in [0.2, 0.25) is 0 Å². The molecule has 0 aromatic heterocycles. The van der Waals surface area contributed by atoms with Gasteiger partial charge in [0, 0.05) is 6.54 Å². The van der Waals surface area contributed by atoms with Gasteiger partial charge < -0.3 is 10.4 Å². The Balaban J connectivity index is 3.07. The maximum absolute atomic E-state index is 12.4. The number of nitrogens with one attached hydrogen (secondary N) is 1. The van der Waals surface area contributed by atoms with E-state index in [0.29, 0.717) is 0 Å². The van der Waals surface area contributed by atoms with Gasteiger partial charge in [-0.3, -0.25) is 4.79 Å². The summed E-state index contributed by atoms with van der Waals surface area (Å²) in [6, 6.07) is 4.45. The molecule has 2 N–H and O–H groups in total. The standard InChI is InChI=1S/C10H10F3NO4S/c11-10(12,13)19(17,18)8-4-2-1-3-7(8)14-6-5-9(15)16/h1-4,14H,5-6H2,(H,15,16). The van der Waals surface area contributed by atoms with Crippen LogP contribution in [0.3, 0.4) is 0 Å². The highest BCUT2D eigenvalue weighted by molar-refractivity contribution is 7.92. The number of anilines is 1. The number of rotatable bonds is 5. The van der Waals surface area contributed by atoms with E-state index < -0.39 is 26.2 Å². The lowest BCUT2D eigenvalue weighted by Crippen LogP contribution is -2.24. The molecule has 0 aliphatic carbocycles. The Labute approximate surface area is 107 Å². The van der Waals surface area contributed by atoms with Crippen LogP contribution in [0, 0.1) is 0 Å². The fourth-order valence-electron chi connectivity index (χ4n) is 1.28. The lowest BCUT2D eigenvalue weighted by Gasteiger charge is -2.13. The quantitative estimate of drug-likeness (QED) is 0.866. The number of carboxylic acid groups (broad SMARTS) is 1. The molecule has 0 aliphatic rings. The maximum Gasteiger partial charge on any atom is 0.501 e. The number of hydrogen-bond acceptors (Lipinski definition) is 4. The second-order valence-electron chi connectivity index (χ2n) is 3.52. The van der Waals surface area contributed by atoms with Crippen LogP contribution in [0.15, 0.2) is 29.2 Å². The number of halogens is 3. The zero-order valence-electron chi connectivity index (χ0n) is 9.44. The predicted octanol–water partition coefficient (Wildman–Crippen LogP) is 1.87. The van der Waals surface area contributed by atoms with E-state index >= 15 is 0 Å². The monoisotopic (exact) mass is 297 g/mol. The molecule has 0 saturated heterocycles. The van der Waals surface area contributed by atoms with Gasteiger partial charge in [-0.1, -0.05) is 12.1 Å². The van der Waals surface area contributed by atoms with E-state index in [1.165, 1.54) is 6.07 Å². The predicted molar refractivity (Wildman–Crippen MR) is 60.4 cm³/mol. The molecule has 9 heteroatoms. The van der Waals surface area contributed by atoms with Gasteiger partial charge in [-0.2, -0.15) is 13.2 Å². The van der Waals surface area contributed by atoms with Crippen LogP contribution in [0.1, 0.15) is 6.42 Å². The Kier molecular flexibility index (Phi) is 4.40. The molecule has 0 spiro atoms. The van der Waals surface area contributed by atoms with Crippen molar-refractivity contribution in [3.63, 3.8) is 0 Å². The van der Waals surface area contributed by atoms with Gasteiger partial charge in [0.2, 0.25) is 0 Å². The van der Waals surface area contributed by atoms with Crippen molar-refractivity contribution in [2.24, 2.45) is 0 Å². The van der Waals surface area contributed by atoms with Crippen molar-refractivity contribution in [2.45, 2.75) is 16.8 Å². The zero-order chi connectivity index (χ0) is 14.7. The fraction of sp³-hybridized carbons (Fsp3) is 0.300. The maximum atomic E-state index is 12.4. The summed E-state index contributed by atoms with van der Waals surface area (Å²) >= 11 is 0. The molecule has 5 nitrogen and oxygen atoms in total. The molecule has 0 heterocycles. The molecule has 0 aliphatic heterocycles. The van der Waals surface area contributed by atoms with Crippen molar-refractivity contribution in [2.75, 3.05) is 11.9 Å². The van der Waals surface area contributed by atoms with E-state index in [4.69, 9.17) is 5.11 Å². The Morgan fingerprint density at radius 3 is 2.37 bits per heavy atom. The molecule has 0 radical (unpaired) electrons. The molecule has 0 unspecified atom stereocenters. The van der Waals surface area contributed by atoms with Gasteiger partial charge in [0.05, 0.1) is 17.0 Å². The molecular weight excluding hydrogens is 287 g/mol. The SMILES string of the molecule is O=C(O)CCNc1ccccc1S(=O)(=O)C(F)(F)F. The number of benzene rings is 1. The minimum atomic E-state index is -5.47. The Morgan fingerprint density at radius 1 is 1.26 bits per heavy atom. The molecule has 1 rings (SSSR count). The largest absolute Gasteiger partial charge is 0.501 e. The molecular formula is C10H10F3NO4S. The van der Waals surface area contributed by atoms with Crippen molar-refractivity contribution in [3.05, 3.63) is 24.3 Å². The Hall–Kier alpha value is -1.77.